The number of aliphatic hydroxyl groups is 1. The van der Waals surface area contributed by atoms with Crippen molar-refractivity contribution < 1.29 is 14.6 Å². The van der Waals surface area contributed by atoms with E-state index in [1.165, 1.54) is 0 Å². The van der Waals surface area contributed by atoms with Gasteiger partial charge in [-0.3, -0.25) is 0 Å². The van der Waals surface area contributed by atoms with Gasteiger partial charge in [-0.15, -0.1) is 0 Å². The number of aliphatic hydroxyl groups excluding tert-OH is 1. The summed E-state index contributed by atoms with van der Waals surface area (Å²) in [6.07, 6.45) is 2.17. The van der Waals surface area contributed by atoms with Crippen molar-refractivity contribution in [1.29, 1.82) is 0 Å². The van der Waals surface area contributed by atoms with Gasteiger partial charge in [0.25, 0.3) is 0 Å². The van der Waals surface area contributed by atoms with Crippen LogP contribution in [0.25, 0.3) is 10.9 Å². The van der Waals surface area contributed by atoms with E-state index in [-0.39, 0.29) is 6.61 Å². The monoisotopic (exact) mass is 318 g/mol. The Morgan fingerprint density at radius 3 is 2.78 bits per heavy atom. The molecule has 0 aliphatic carbocycles. The van der Waals surface area contributed by atoms with E-state index in [2.05, 4.69) is 20.2 Å². The molecule has 0 bridgehead atoms. The highest BCUT2D eigenvalue weighted by Crippen LogP contribution is 2.35. The Morgan fingerprint density at radius 2 is 2.04 bits per heavy atom. The van der Waals surface area contributed by atoms with Crippen molar-refractivity contribution in [2.45, 2.75) is 6.42 Å². The zero-order chi connectivity index (χ0) is 16.1. The van der Waals surface area contributed by atoms with Crippen LogP contribution in [-0.4, -0.2) is 61.6 Å². The molecule has 0 atom stereocenters. The molecule has 23 heavy (non-hydrogen) atoms. The third-order valence-electron chi connectivity index (χ3n) is 3.88. The summed E-state index contributed by atoms with van der Waals surface area (Å²) < 4.78 is 11.1. The lowest BCUT2D eigenvalue weighted by atomic mass is 10.2. The number of anilines is 1. The van der Waals surface area contributed by atoms with Crippen LogP contribution < -0.4 is 19.7 Å². The first-order valence-corrected chi connectivity index (χ1v) is 7.85. The molecule has 124 valence electrons. The Hall–Kier alpha value is -2.12. The lowest BCUT2D eigenvalue weighted by Crippen LogP contribution is -2.44. The van der Waals surface area contributed by atoms with Crippen LogP contribution in [0.1, 0.15) is 6.42 Å². The van der Waals surface area contributed by atoms with Gasteiger partial charge in [0.1, 0.15) is 12.1 Å². The second-order valence-corrected chi connectivity index (χ2v) is 5.38. The van der Waals surface area contributed by atoms with Crippen molar-refractivity contribution in [3.63, 3.8) is 0 Å². The Kier molecular flexibility index (Phi) is 5.09. The predicted octanol–water partition coefficient (Wildman–Crippen LogP) is 0.809. The van der Waals surface area contributed by atoms with Gasteiger partial charge in [0.2, 0.25) is 0 Å². The molecule has 2 aromatic rings. The van der Waals surface area contributed by atoms with Gasteiger partial charge in [-0.2, -0.15) is 0 Å². The first kappa shape index (κ1) is 15.8. The SMILES string of the molecule is COc1cc2c(N3CCNCC3)ncnc2cc1OCCCO. The fourth-order valence-corrected chi connectivity index (χ4v) is 2.70. The number of piperazine rings is 1. The second-order valence-electron chi connectivity index (χ2n) is 5.38. The zero-order valence-electron chi connectivity index (χ0n) is 13.3. The predicted molar refractivity (Wildman–Crippen MR) is 88.4 cm³/mol. The van der Waals surface area contributed by atoms with Crippen LogP contribution in [0.5, 0.6) is 11.5 Å². The molecule has 0 spiro atoms. The molecule has 1 aliphatic heterocycles. The third kappa shape index (κ3) is 3.46. The van der Waals surface area contributed by atoms with Crippen molar-refractivity contribution in [3.8, 4) is 11.5 Å². The van der Waals surface area contributed by atoms with Crippen LogP contribution in [0, 0.1) is 0 Å². The highest BCUT2D eigenvalue weighted by atomic mass is 16.5. The molecule has 7 nitrogen and oxygen atoms in total. The molecule has 1 aliphatic rings. The smallest absolute Gasteiger partial charge is 0.163 e. The summed E-state index contributed by atoms with van der Waals surface area (Å²) in [6, 6.07) is 3.81. The van der Waals surface area contributed by atoms with E-state index in [9.17, 15) is 0 Å². The number of rotatable bonds is 6. The molecule has 2 N–H and O–H groups in total. The number of hydrogen-bond acceptors (Lipinski definition) is 7. The van der Waals surface area contributed by atoms with Gasteiger partial charge < -0.3 is 24.8 Å². The van der Waals surface area contributed by atoms with Crippen LogP contribution in [0.4, 0.5) is 5.82 Å². The van der Waals surface area contributed by atoms with E-state index < -0.39 is 0 Å². The average Bonchev–Trinajstić information content (AvgIpc) is 2.61. The largest absolute Gasteiger partial charge is 0.493 e. The van der Waals surface area contributed by atoms with E-state index >= 15 is 0 Å². The molecule has 7 heteroatoms. The topological polar surface area (TPSA) is 79.7 Å². The molecule has 1 fully saturated rings. The fourth-order valence-electron chi connectivity index (χ4n) is 2.70. The third-order valence-corrected chi connectivity index (χ3v) is 3.88. The number of ether oxygens (including phenoxy) is 2. The molecule has 0 saturated carbocycles. The van der Waals surface area contributed by atoms with Crippen molar-refractivity contribution in [2.24, 2.45) is 0 Å². The minimum atomic E-state index is 0.102. The number of methoxy groups -OCH3 is 1. The summed E-state index contributed by atoms with van der Waals surface area (Å²) in [4.78, 5) is 11.1. The minimum Gasteiger partial charge on any atom is -0.493 e. The molecule has 0 amide bonds. The number of aromatic nitrogens is 2. The lowest BCUT2D eigenvalue weighted by molar-refractivity contribution is 0.228. The fraction of sp³-hybridized carbons (Fsp3) is 0.500. The summed E-state index contributed by atoms with van der Waals surface area (Å²) in [5, 5.41) is 13.2. The van der Waals surface area contributed by atoms with Crippen molar-refractivity contribution >= 4 is 16.7 Å². The Labute approximate surface area is 135 Å². The standard InChI is InChI=1S/C16H22N4O3/c1-22-14-9-12-13(10-15(14)23-8-2-7-21)18-11-19-16(12)20-5-3-17-4-6-20/h9-11,17,21H,2-8H2,1H3. The summed E-state index contributed by atoms with van der Waals surface area (Å²) >= 11 is 0. The summed E-state index contributed by atoms with van der Waals surface area (Å²) in [5.74, 6) is 2.22. The van der Waals surface area contributed by atoms with Crippen LogP contribution in [0.2, 0.25) is 0 Å². The van der Waals surface area contributed by atoms with Crippen LogP contribution in [-0.2, 0) is 0 Å². The number of benzene rings is 1. The number of hydrogen-bond donors (Lipinski definition) is 2. The number of nitrogens with one attached hydrogen (secondary N) is 1. The van der Waals surface area contributed by atoms with Crippen LogP contribution in [0.15, 0.2) is 18.5 Å². The van der Waals surface area contributed by atoms with Crippen molar-refractivity contribution in [1.82, 2.24) is 15.3 Å². The summed E-state index contributed by atoms with van der Waals surface area (Å²) in [5.41, 5.74) is 0.827. The number of fused-ring (bicyclic) bond motifs is 1. The maximum atomic E-state index is 8.88. The molecule has 0 unspecified atom stereocenters. The van der Waals surface area contributed by atoms with Gasteiger partial charge in [0.15, 0.2) is 11.5 Å². The quantitative estimate of drug-likeness (QED) is 0.763. The zero-order valence-corrected chi connectivity index (χ0v) is 13.3. The first-order valence-electron chi connectivity index (χ1n) is 7.85. The Balaban J connectivity index is 1.97. The van der Waals surface area contributed by atoms with Crippen molar-refractivity contribution in [2.75, 3.05) is 51.4 Å². The van der Waals surface area contributed by atoms with Crippen LogP contribution >= 0.6 is 0 Å². The molecule has 0 radical (unpaired) electrons. The number of nitrogens with zero attached hydrogens (tertiary/aromatic N) is 3. The Bertz CT molecular complexity index is 659. The van der Waals surface area contributed by atoms with Gasteiger partial charge in [0.05, 0.1) is 19.2 Å². The average molecular weight is 318 g/mol. The van der Waals surface area contributed by atoms with E-state index in [4.69, 9.17) is 14.6 Å². The highest BCUT2D eigenvalue weighted by Gasteiger charge is 2.17. The van der Waals surface area contributed by atoms with Gasteiger partial charge in [-0.1, -0.05) is 0 Å². The van der Waals surface area contributed by atoms with Crippen LogP contribution in [0.3, 0.4) is 0 Å². The van der Waals surface area contributed by atoms with Gasteiger partial charge in [-0.05, 0) is 6.07 Å². The second kappa shape index (κ2) is 7.43. The summed E-state index contributed by atoms with van der Waals surface area (Å²) in [6.45, 7) is 4.28. The highest BCUT2D eigenvalue weighted by molar-refractivity contribution is 5.92. The van der Waals surface area contributed by atoms with Crippen molar-refractivity contribution in [3.05, 3.63) is 18.5 Å². The maximum Gasteiger partial charge on any atom is 0.163 e. The molecule has 2 heterocycles. The molecule has 1 aromatic heterocycles. The first-order chi connectivity index (χ1) is 11.3. The van der Waals surface area contributed by atoms with E-state index in [0.717, 1.165) is 42.9 Å². The van der Waals surface area contributed by atoms with E-state index in [1.54, 1.807) is 13.4 Å². The normalized spacial score (nSPS) is 15.0. The van der Waals surface area contributed by atoms with Gasteiger partial charge >= 0.3 is 0 Å². The van der Waals surface area contributed by atoms with Gasteiger partial charge in [0, 0.05) is 50.7 Å². The minimum absolute atomic E-state index is 0.102. The van der Waals surface area contributed by atoms with Gasteiger partial charge in [-0.25, -0.2) is 9.97 Å². The molecular formula is C16H22N4O3. The molecule has 3 rings (SSSR count). The van der Waals surface area contributed by atoms with E-state index in [1.807, 2.05) is 12.1 Å². The van der Waals surface area contributed by atoms with E-state index in [0.29, 0.717) is 24.5 Å². The molecule has 1 aromatic carbocycles. The summed E-state index contributed by atoms with van der Waals surface area (Å²) in [7, 11) is 1.62. The molecule has 1 saturated heterocycles. The maximum absolute atomic E-state index is 8.88. The lowest BCUT2D eigenvalue weighted by Gasteiger charge is -2.29. The Morgan fingerprint density at radius 1 is 1.22 bits per heavy atom. The molecular weight excluding hydrogens is 296 g/mol.